The molecule has 0 aliphatic heterocycles. The van der Waals surface area contributed by atoms with Gasteiger partial charge in [-0.3, -0.25) is 4.98 Å². The van der Waals surface area contributed by atoms with Crippen LogP contribution in [0.4, 0.5) is 5.82 Å². The zero-order valence-electron chi connectivity index (χ0n) is 13.2. The van der Waals surface area contributed by atoms with Gasteiger partial charge in [0.2, 0.25) is 0 Å². The first-order chi connectivity index (χ1) is 10.9. The molecule has 3 nitrogen and oxygen atoms in total. The number of aromatic nitrogens is 2. The van der Waals surface area contributed by atoms with Gasteiger partial charge in [-0.25, -0.2) is 4.98 Å². The topological polar surface area (TPSA) is 29.0 Å². The van der Waals surface area contributed by atoms with Crippen molar-refractivity contribution in [1.29, 1.82) is 0 Å². The number of pyridine rings is 2. The Kier molecular flexibility index (Phi) is 5.41. The Morgan fingerprint density at radius 1 is 0.955 bits per heavy atom. The number of nitrogens with zero attached hydrogens (tertiary/aromatic N) is 3. The van der Waals surface area contributed by atoms with E-state index in [1.165, 1.54) is 44.1 Å². The first-order valence-electron chi connectivity index (χ1n) is 8.47. The van der Waals surface area contributed by atoms with Crippen LogP contribution in [0.5, 0.6) is 0 Å². The second kappa shape index (κ2) is 7.92. The summed E-state index contributed by atoms with van der Waals surface area (Å²) in [7, 11) is 0. The van der Waals surface area contributed by atoms with Crippen molar-refractivity contribution in [2.45, 2.75) is 45.1 Å². The fourth-order valence-corrected chi connectivity index (χ4v) is 3.34. The fraction of sp³-hybridized carbons (Fsp3) is 0.474. The van der Waals surface area contributed by atoms with Crippen molar-refractivity contribution in [3.63, 3.8) is 0 Å². The highest BCUT2D eigenvalue weighted by Crippen LogP contribution is 2.27. The van der Waals surface area contributed by atoms with Gasteiger partial charge in [-0.1, -0.05) is 38.2 Å². The van der Waals surface area contributed by atoms with Crippen LogP contribution in [-0.4, -0.2) is 16.5 Å². The van der Waals surface area contributed by atoms with Gasteiger partial charge in [0.15, 0.2) is 0 Å². The normalized spacial score (nSPS) is 15.6. The van der Waals surface area contributed by atoms with Crippen molar-refractivity contribution in [3.8, 4) is 0 Å². The highest BCUT2D eigenvalue weighted by molar-refractivity contribution is 5.38. The molecule has 3 heteroatoms. The predicted molar refractivity (Wildman–Crippen MR) is 90.7 cm³/mol. The predicted octanol–water partition coefficient (Wildman–Crippen LogP) is 4.45. The fourth-order valence-electron chi connectivity index (χ4n) is 3.34. The Balaban J connectivity index is 1.66. The van der Waals surface area contributed by atoms with Crippen LogP contribution in [-0.2, 0) is 6.54 Å². The maximum atomic E-state index is 4.55. The van der Waals surface area contributed by atoms with E-state index in [1.54, 1.807) is 0 Å². The molecule has 1 aliphatic carbocycles. The monoisotopic (exact) mass is 295 g/mol. The van der Waals surface area contributed by atoms with Gasteiger partial charge in [0, 0.05) is 31.7 Å². The van der Waals surface area contributed by atoms with E-state index in [9.17, 15) is 0 Å². The molecule has 3 rings (SSSR count). The number of anilines is 1. The molecule has 116 valence electrons. The number of hydrogen-bond donors (Lipinski definition) is 0. The molecule has 0 aromatic carbocycles. The van der Waals surface area contributed by atoms with Crippen molar-refractivity contribution < 1.29 is 0 Å². The van der Waals surface area contributed by atoms with Crippen LogP contribution in [0.3, 0.4) is 0 Å². The zero-order chi connectivity index (χ0) is 15.0. The lowest BCUT2D eigenvalue weighted by Gasteiger charge is -2.28. The van der Waals surface area contributed by atoms with Gasteiger partial charge in [-0.2, -0.15) is 0 Å². The highest BCUT2D eigenvalue weighted by Gasteiger charge is 2.16. The zero-order valence-corrected chi connectivity index (χ0v) is 13.2. The Morgan fingerprint density at radius 3 is 2.50 bits per heavy atom. The highest BCUT2D eigenvalue weighted by atomic mass is 15.2. The van der Waals surface area contributed by atoms with E-state index >= 15 is 0 Å². The van der Waals surface area contributed by atoms with Crippen molar-refractivity contribution in [3.05, 3.63) is 54.5 Å². The van der Waals surface area contributed by atoms with Crippen LogP contribution in [0.1, 0.15) is 44.1 Å². The summed E-state index contributed by atoms with van der Waals surface area (Å²) in [5.41, 5.74) is 1.30. The molecule has 0 saturated heterocycles. The third-order valence-corrected chi connectivity index (χ3v) is 4.63. The molecule has 22 heavy (non-hydrogen) atoms. The van der Waals surface area contributed by atoms with Crippen molar-refractivity contribution in [2.75, 3.05) is 11.4 Å². The SMILES string of the molecule is c1ccc(N(CCC2CCCCC2)Cc2ccncc2)nc1. The summed E-state index contributed by atoms with van der Waals surface area (Å²) in [6.45, 7) is 2.00. The molecular weight excluding hydrogens is 270 g/mol. The van der Waals surface area contributed by atoms with Crippen LogP contribution in [0.25, 0.3) is 0 Å². The summed E-state index contributed by atoms with van der Waals surface area (Å²) in [6, 6.07) is 10.4. The molecule has 2 heterocycles. The van der Waals surface area contributed by atoms with Gasteiger partial charge in [-0.15, -0.1) is 0 Å². The molecule has 2 aromatic rings. The average molecular weight is 295 g/mol. The maximum Gasteiger partial charge on any atom is 0.128 e. The van der Waals surface area contributed by atoms with Gasteiger partial charge in [0.05, 0.1) is 0 Å². The molecule has 1 saturated carbocycles. The molecule has 0 atom stereocenters. The quantitative estimate of drug-likeness (QED) is 0.788. The smallest absolute Gasteiger partial charge is 0.128 e. The minimum Gasteiger partial charge on any atom is -0.352 e. The Morgan fingerprint density at radius 2 is 1.77 bits per heavy atom. The summed E-state index contributed by atoms with van der Waals surface area (Å²) in [5.74, 6) is 1.98. The Bertz CT molecular complexity index is 535. The summed E-state index contributed by atoms with van der Waals surface area (Å²) in [4.78, 5) is 11.1. The number of rotatable bonds is 6. The van der Waals surface area contributed by atoms with Crippen molar-refractivity contribution in [2.24, 2.45) is 5.92 Å². The molecule has 0 spiro atoms. The van der Waals surface area contributed by atoms with Gasteiger partial charge >= 0.3 is 0 Å². The third kappa shape index (κ3) is 4.30. The Hall–Kier alpha value is -1.90. The summed E-state index contributed by atoms with van der Waals surface area (Å²) in [5, 5.41) is 0. The molecule has 2 aromatic heterocycles. The molecule has 0 radical (unpaired) electrons. The van der Waals surface area contributed by atoms with E-state index in [4.69, 9.17) is 0 Å². The van der Waals surface area contributed by atoms with E-state index in [1.807, 2.05) is 24.7 Å². The van der Waals surface area contributed by atoms with E-state index in [-0.39, 0.29) is 0 Å². The van der Waals surface area contributed by atoms with E-state index in [0.29, 0.717) is 0 Å². The molecule has 0 N–H and O–H groups in total. The summed E-state index contributed by atoms with van der Waals surface area (Å²) < 4.78 is 0. The van der Waals surface area contributed by atoms with Crippen LogP contribution in [0.15, 0.2) is 48.9 Å². The molecule has 1 fully saturated rings. The van der Waals surface area contributed by atoms with Crippen molar-refractivity contribution >= 4 is 5.82 Å². The molecule has 0 unspecified atom stereocenters. The Labute approximate surface area is 133 Å². The van der Waals surface area contributed by atoms with E-state index in [0.717, 1.165) is 24.8 Å². The van der Waals surface area contributed by atoms with Gasteiger partial charge in [0.25, 0.3) is 0 Å². The standard InChI is InChI=1S/C19H25N3/c1-2-6-17(7-3-1)11-15-22(19-8-4-5-12-21-19)16-18-9-13-20-14-10-18/h4-5,8-10,12-14,17H,1-3,6-7,11,15-16H2. The number of hydrogen-bond acceptors (Lipinski definition) is 3. The second-order valence-electron chi connectivity index (χ2n) is 6.26. The van der Waals surface area contributed by atoms with E-state index < -0.39 is 0 Å². The van der Waals surface area contributed by atoms with Crippen LogP contribution in [0, 0.1) is 5.92 Å². The molecular formula is C19H25N3. The molecule has 1 aliphatic rings. The summed E-state index contributed by atoms with van der Waals surface area (Å²) >= 11 is 0. The molecule has 0 amide bonds. The van der Waals surface area contributed by atoms with Crippen LogP contribution in [0.2, 0.25) is 0 Å². The average Bonchev–Trinajstić information content (AvgIpc) is 2.61. The van der Waals surface area contributed by atoms with Gasteiger partial charge < -0.3 is 4.90 Å². The minimum atomic E-state index is 0.900. The lowest BCUT2D eigenvalue weighted by atomic mass is 9.87. The summed E-state index contributed by atoms with van der Waals surface area (Å²) in [6.07, 6.45) is 14.0. The van der Waals surface area contributed by atoms with Crippen LogP contribution >= 0.6 is 0 Å². The maximum absolute atomic E-state index is 4.55. The van der Waals surface area contributed by atoms with Crippen molar-refractivity contribution in [1.82, 2.24) is 9.97 Å². The minimum absolute atomic E-state index is 0.900. The second-order valence-corrected chi connectivity index (χ2v) is 6.26. The lowest BCUT2D eigenvalue weighted by molar-refractivity contribution is 0.339. The lowest BCUT2D eigenvalue weighted by Crippen LogP contribution is -2.27. The van der Waals surface area contributed by atoms with Crippen LogP contribution < -0.4 is 4.90 Å². The first kappa shape index (κ1) is 15.0. The molecule has 0 bridgehead atoms. The third-order valence-electron chi connectivity index (χ3n) is 4.63. The first-order valence-corrected chi connectivity index (χ1v) is 8.47. The largest absolute Gasteiger partial charge is 0.352 e. The van der Waals surface area contributed by atoms with Gasteiger partial charge in [0.1, 0.15) is 5.82 Å². The van der Waals surface area contributed by atoms with Gasteiger partial charge in [-0.05, 0) is 42.2 Å². The van der Waals surface area contributed by atoms with E-state index in [2.05, 4.69) is 39.1 Å².